The molecule has 19 heavy (non-hydrogen) atoms. The van der Waals surface area contributed by atoms with Crippen LogP contribution < -0.4 is 0 Å². The van der Waals surface area contributed by atoms with Crippen molar-refractivity contribution in [3.8, 4) is 10.6 Å². The maximum Gasteiger partial charge on any atom is 0.416 e. The lowest BCUT2D eigenvalue weighted by Crippen LogP contribution is -2.03. The van der Waals surface area contributed by atoms with Gasteiger partial charge in [0.1, 0.15) is 12.3 Å². The minimum atomic E-state index is -4.29. The Morgan fingerprint density at radius 1 is 1.21 bits per heavy atom. The number of rotatable bonds is 3. The van der Waals surface area contributed by atoms with Crippen LogP contribution in [-0.2, 0) is 12.5 Å². The van der Waals surface area contributed by atoms with Gasteiger partial charge in [0.25, 0.3) is 0 Å². The van der Waals surface area contributed by atoms with Crippen LogP contribution in [-0.4, -0.2) is 12.3 Å². The van der Waals surface area contributed by atoms with Gasteiger partial charge in [-0.1, -0.05) is 19.0 Å². The van der Waals surface area contributed by atoms with E-state index in [0.717, 1.165) is 39.6 Å². The minimum absolute atomic E-state index is 0.633. The number of nitrogens with zero attached hydrogens (tertiary/aromatic N) is 1. The normalized spacial score (nSPS) is 11.6. The smallest absolute Gasteiger partial charge is 0.241 e. The lowest BCUT2D eigenvalue weighted by atomic mass is 9.77. The van der Waals surface area contributed by atoms with Crippen LogP contribution >= 0.6 is 11.3 Å². The quantitative estimate of drug-likeness (QED) is 0.761. The third-order valence-electron chi connectivity index (χ3n) is 2.74. The summed E-state index contributed by atoms with van der Waals surface area (Å²) < 4.78 is 37.4. The van der Waals surface area contributed by atoms with Gasteiger partial charge in [-0.15, -0.1) is 11.3 Å². The zero-order valence-electron chi connectivity index (χ0n) is 10.6. The Morgan fingerprint density at radius 2 is 1.84 bits per heavy atom. The third kappa shape index (κ3) is 3.18. The van der Waals surface area contributed by atoms with Crippen LogP contribution in [0.4, 0.5) is 13.2 Å². The molecule has 0 aliphatic carbocycles. The molecular formula is C13H12BF3NS. The predicted molar refractivity (Wildman–Crippen MR) is 72.6 cm³/mol. The molecule has 0 saturated heterocycles. The monoisotopic (exact) mass is 282 g/mol. The molecule has 0 fully saturated rings. The number of benzene rings is 1. The molecule has 1 nitrogen and oxygen atoms in total. The van der Waals surface area contributed by atoms with E-state index in [1.165, 1.54) is 23.5 Å². The summed E-state index contributed by atoms with van der Waals surface area (Å²) in [4.78, 5) is 5.56. The number of hydrogen-bond donors (Lipinski definition) is 0. The first-order valence-corrected chi connectivity index (χ1v) is 6.65. The third-order valence-corrected chi connectivity index (χ3v) is 3.97. The van der Waals surface area contributed by atoms with E-state index >= 15 is 0 Å². The maximum atomic E-state index is 12.5. The average Bonchev–Trinajstić information content (AvgIpc) is 2.71. The van der Waals surface area contributed by atoms with Crippen molar-refractivity contribution in [3.05, 3.63) is 40.4 Å². The Balaban J connectivity index is 2.30. The molecule has 0 unspecified atom stereocenters. The van der Waals surface area contributed by atoms with E-state index < -0.39 is 11.7 Å². The van der Waals surface area contributed by atoms with Crippen LogP contribution in [0, 0.1) is 6.92 Å². The Morgan fingerprint density at radius 3 is 2.37 bits per heavy atom. The highest BCUT2D eigenvalue weighted by Gasteiger charge is 2.30. The fourth-order valence-corrected chi connectivity index (χ4v) is 2.84. The van der Waals surface area contributed by atoms with Gasteiger partial charge in [-0.25, -0.2) is 4.98 Å². The second-order valence-corrected chi connectivity index (χ2v) is 5.30. The van der Waals surface area contributed by atoms with Crippen LogP contribution in [0.1, 0.15) is 16.1 Å². The molecule has 0 aliphatic heterocycles. The molecular weight excluding hydrogens is 270 g/mol. The fourth-order valence-electron chi connectivity index (χ4n) is 1.73. The first-order chi connectivity index (χ1) is 8.91. The Kier molecular flexibility index (Phi) is 3.99. The first kappa shape index (κ1) is 14.1. The first-order valence-electron chi connectivity index (χ1n) is 5.83. The zero-order chi connectivity index (χ0) is 14.0. The van der Waals surface area contributed by atoms with E-state index in [4.69, 9.17) is 0 Å². The fraction of sp³-hybridized carbons (Fsp3) is 0.308. The molecule has 0 bridgehead atoms. The molecule has 0 spiro atoms. The molecule has 2 aromatic rings. The van der Waals surface area contributed by atoms with Crippen LogP contribution in [0.5, 0.6) is 0 Å². The van der Waals surface area contributed by atoms with Gasteiger partial charge >= 0.3 is 6.18 Å². The molecule has 2 rings (SSSR count). The largest absolute Gasteiger partial charge is 0.416 e. The molecule has 1 aromatic heterocycles. The molecule has 6 heteroatoms. The van der Waals surface area contributed by atoms with E-state index in [2.05, 4.69) is 4.98 Å². The van der Waals surface area contributed by atoms with Gasteiger partial charge in [0.2, 0.25) is 0 Å². The van der Waals surface area contributed by atoms with Crippen molar-refractivity contribution in [1.82, 2.24) is 4.98 Å². The van der Waals surface area contributed by atoms with Crippen molar-refractivity contribution in [2.75, 3.05) is 0 Å². The summed E-state index contributed by atoms with van der Waals surface area (Å²) in [7, 11) is 2.04. The van der Waals surface area contributed by atoms with E-state index in [-0.39, 0.29) is 0 Å². The Hall–Kier alpha value is -1.30. The lowest BCUT2D eigenvalue weighted by Gasteiger charge is -2.06. The van der Waals surface area contributed by atoms with E-state index in [9.17, 15) is 13.2 Å². The maximum absolute atomic E-state index is 12.5. The summed E-state index contributed by atoms with van der Waals surface area (Å²) in [6.45, 7) is 3.89. The van der Waals surface area contributed by atoms with Gasteiger partial charge in [-0.05, 0) is 25.4 Å². The van der Waals surface area contributed by atoms with Crippen LogP contribution in [0.15, 0.2) is 24.3 Å². The zero-order valence-corrected chi connectivity index (χ0v) is 11.4. The van der Waals surface area contributed by atoms with Crippen molar-refractivity contribution in [2.45, 2.75) is 26.2 Å². The van der Waals surface area contributed by atoms with Gasteiger partial charge in [-0.2, -0.15) is 13.2 Å². The van der Waals surface area contributed by atoms with Crippen LogP contribution in [0.3, 0.4) is 0 Å². The summed E-state index contributed by atoms with van der Waals surface area (Å²) in [6.07, 6.45) is -3.45. The molecule has 0 atom stereocenters. The van der Waals surface area contributed by atoms with Crippen molar-refractivity contribution >= 4 is 18.6 Å². The number of hydrogen-bond acceptors (Lipinski definition) is 2. The van der Waals surface area contributed by atoms with Crippen molar-refractivity contribution in [3.63, 3.8) is 0 Å². The lowest BCUT2D eigenvalue weighted by molar-refractivity contribution is -0.137. The SMILES string of the molecule is C[B]Cc1sc(-c2ccc(C(F)(F)F)cc2)nc1C. The number of aryl methyl sites for hydroxylation is 1. The van der Waals surface area contributed by atoms with Crippen molar-refractivity contribution in [2.24, 2.45) is 0 Å². The van der Waals surface area contributed by atoms with Crippen LogP contribution in [0.2, 0.25) is 6.82 Å². The van der Waals surface area contributed by atoms with Gasteiger partial charge in [0.15, 0.2) is 0 Å². The number of halogens is 3. The molecule has 0 N–H and O–H groups in total. The van der Waals surface area contributed by atoms with E-state index in [1.54, 1.807) is 0 Å². The molecule has 0 aliphatic rings. The highest BCUT2D eigenvalue weighted by atomic mass is 32.1. The molecule has 0 amide bonds. The molecule has 0 saturated carbocycles. The van der Waals surface area contributed by atoms with Gasteiger partial charge in [0, 0.05) is 10.4 Å². The van der Waals surface area contributed by atoms with E-state index in [0.29, 0.717) is 0 Å². The van der Waals surface area contributed by atoms with Gasteiger partial charge in [-0.3, -0.25) is 0 Å². The molecule has 99 valence electrons. The van der Waals surface area contributed by atoms with Crippen LogP contribution in [0.25, 0.3) is 10.6 Å². The van der Waals surface area contributed by atoms with Gasteiger partial charge in [0.05, 0.1) is 11.3 Å². The number of thiazole rings is 1. The molecule has 1 radical (unpaired) electrons. The summed E-state index contributed by atoms with van der Waals surface area (Å²) >= 11 is 1.53. The predicted octanol–water partition coefficient (Wildman–Crippen LogP) is 4.39. The van der Waals surface area contributed by atoms with E-state index in [1.807, 2.05) is 21.0 Å². The second kappa shape index (κ2) is 5.37. The topological polar surface area (TPSA) is 12.9 Å². The summed E-state index contributed by atoms with van der Waals surface area (Å²) in [6, 6.07) is 5.14. The highest BCUT2D eigenvalue weighted by molar-refractivity contribution is 7.15. The summed E-state index contributed by atoms with van der Waals surface area (Å²) in [5, 5.41) is 0.767. The number of aromatic nitrogens is 1. The minimum Gasteiger partial charge on any atom is -0.241 e. The molecule has 1 aromatic carbocycles. The number of alkyl halides is 3. The summed E-state index contributed by atoms with van der Waals surface area (Å²) in [5.41, 5.74) is 1.04. The highest BCUT2D eigenvalue weighted by Crippen LogP contribution is 2.32. The average molecular weight is 282 g/mol. The second-order valence-electron chi connectivity index (χ2n) is 4.22. The Labute approximate surface area is 114 Å². The van der Waals surface area contributed by atoms with Crippen molar-refractivity contribution in [1.29, 1.82) is 0 Å². The standard InChI is InChI=1S/C13H12BF3NS/c1-8-11(7-14-2)19-12(18-8)9-3-5-10(6-4-9)13(15,16)17/h3-6H,7H2,1-2H3. The van der Waals surface area contributed by atoms with Crippen molar-refractivity contribution < 1.29 is 13.2 Å². The molecule has 1 heterocycles. The summed E-state index contributed by atoms with van der Waals surface area (Å²) in [5.74, 6) is 0. The van der Waals surface area contributed by atoms with Gasteiger partial charge < -0.3 is 0 Å². The Bertz CT molecular complexity index is 560.